The molecule has 2 unspecified atom stereocenters. The molecule has 0 spiro atoms. The molecule has 1 rings (SSSR count). The van der Waals surface area contributed by atoms with Gasteiger partial charge in [-0.1, -0.05) is 6.92 Å². The predicted octanol–water partition coefficient (Wildman–Crippen LogP) is -0.0369. The van der Waals surface area contributed by atoms with Crippen molar-refractivity contribution in [3.8, 4) is 6.07 Å². The molecule has 15 heavy (non-hydrogen) atoms. The van der Waals surface area contributed by atoms with Gasteiger partial charge in [0.05, 0.1) is 17.9 Å². The minimum atomic E-state index is -3.16. The lowest BCUT2D eigenvalue weighted by molar-refractivity contribution is -0.123. The highest BCUT2D eigenvalue weighted by atomic mass is 32.2. The van der Waals surface area contributed by atoms with E-state index >= 15 is 0 Å². The number of hydrogen-bond acceptors (Lipinski definition) is 4. The molecule has 6 heteroatoms. The van der Waals surface area contributed by atoms with Gasteiger partial charge in [-0.3, -0.25) is 4.79 Å². The van der Waals surface area contributed by atoms with Gasteiger partial charge in [0, 0.05) is 5.41 Å². The smallest absolute Gasteiger partial charge is 0.237 e. The lowest BCUT2D eigenvalue weighted by Crippen LogP contribution is -2.38. The van der Waals surface area contributed by atoms with Crippen LogP contribution in [0.3, 0.4) is 0 Å². The van der Waals surface area contributed by atoms with Crippen molar-refractivity contribution in [2.75, 3.05) is 5.75 Å². The zero-order chi connectivity index (χ0) is 11.5. The first-order valence-electron chi connectivity index (χ1n) is 4.59. The molecule has 0 radical (unpaired) electrons. The molecule has 0 aliphatic carbocycles. The van der Waals surface area contributed by atoms with Gasteiger partial charge in [0.15, 0.2) is 9.84 Å². The van der Waals surface area contributed by atoms with E-state index in [1.165, 1.54) is 6.08 Å². The Labute approximate surface area is 88.7 Å². The lowest BCUT2D eigenvalue weighted by Gasteiger charge is -2.11. The van der Waals surface area contributed by atoms with Crippen LogP contribution in [0.1, 0.15) is 13.3 Å². The summed E-state index contributed by atoms with van der Waals surface area (Å²) in [5.74, 6) is -1.23. The molecule has 1 amide bonds. The SMILES string of the molecule is CCC(C#N)C(=O)NC1C=CS(=O)(=O)C1. The van der Waals surface area contributed by atoms with Crippen LogP contribution in [0.25, 0.3) is 0 Å². The van der Waals surface area contributed by atoms with Gasteiger partial charge >= 0.3 is 0 Å². The minimum Gasteiger partial charge on any atom is -0.348 e. The fourth-order valence-corrected chi connectivity index (χ4v) is 2.52. The molecule has 0 fully saturated rings. The second-order valence-electron chi connectivity index (χ2n) is 3.36. The highest BCUT2D eigenvalue weighted by Gasteiger charge is 2.25. The van der Waals surface area contributed by atoms with Crippen LogP contribution in [0.15, 0.2) is 11.5 Å². The van der Waals surface area contributed by atoms with Crippen molar-refractivity contribution in [2.45, 2.75) is 19.4 Å². The topological polar surface area (TPSA) is 87.0 Å². The monoisotopic (exact) mass is 228 g/mol. The summed E-state index contributed by atoms with van der Waals surface area (Å²) in [6, 6.07) is 1.37. The van der Waals surface area contributed by atoms with E-state index in [0.29, 0.717) is 6.42 Å². The number of carbonyl (C=O) groups excluding carboxylic acids is 1. The van der Waals surface area contributed by atoms with Crippen molar-refractivity contribution >= 4 is 15.7 Å². The van der Waals surface area contributed by atoms with Crippen molar-refractivity contribution in [2.24, 2.45) is 5.92 Å². The summed E-state index contributed by atoms with van der Waals surface area (Å²) in [6.07, 6.45) is 1.85. The van der Waals surface area contributed by atoms with E-state index in [1.54, 1.807) is 6.92 Å². The van der Waals surface area contributed by atoms with Gasteiger partial charge < -0.3 is 5.32 Å². The fourth-order valence-electron chi connectivity index (χ4n) is 1.28. The third kappa shape index (κ3) is 3.06. The van der Waals surface area contributed by atoms with Gasteiger partial charge in [-0.25, -0.2) is 8.42 Å². The Morgan fingerprint density at radius 3 is 2.80 bits per heavy atom. The zero-order valence-electron chi connectivity index (χ0n) is 8.30. The molecule has 0 saturated carbocycles. The summed E-state index contributed by atoms with van der Waals surface area (Å²) in [7, 11) is -3.16. The van der Waals surface area contributed by atoms with Crippen LogP contribution in [-0.4, -0.2) is 26.1 Å². The highest BCUT2D eigenvalue weighted by Crippen LogP contribution is 2.09. The molecule has 1 aliphatic rings. The molecule has 0 aromatic heterocycles. The molecule has 1 heterocycles. The molecule has 5 nitrogen and oxygen atoms in total. The molecule has 2 atom stereocenters. The third-order valence-electron chi connectivity index (χ3n) is 2.14. The standard InChI is InChI=1S/C9H12N2O3S/c1-2-7(5-10)9(12)11-8-3-4-15(13,14)6-8/h3-4,7-8H,2,6H2,1H3,(H,11,12). The Balaban J connectivity index is 2.56. The van der Waals surface area contributed by atoms with E-state index in [0.717, 1.165) is 5.41 Å². The summed E-state index contributed by atoms with van der Waals surface area (Å²) in [5.41, 5.74) is 0. The second kappa shape index (κ2) is 4.45. The predicted molar refractivity (Wildman–Crippen MR) is 54.3 cm³/mol. The summed E-state index contributed by atoms with van der Waals surface area (Å²) < 4.78 is 22.1. The summed E-state index contributed by atoms with van der Waals surface area (Å²) in [4.78, 5) is 11.4. The fraction of sp³-hybridized carbons (Fsp3) is 0.556. The number of sulfone groups is 1. The minimum absolute atomic E-state index is 0.111. The Morgan fingerprint density at radius 1 is 1.73 bits per heavy atom. The maximum Gasteiger partial charge on any atom is 0.237 e. The van der Waals surface area contributed by atoms with Crippen LogP contribution >= 0.6 is 0 Å². The Bertz CT molecular complexity index is 419. The van der Waals surface area contributed by atoms with Gasteiger partial charge in [-0.05, 0) is 12.5 Å². The number of carbonyl (C=O) groups is 1. The number of rotatable bonds is 3. The van der Waals surface area contributed by atoms with Crippen LogP contribution in [-0.2, 0) is 14.6 Å². The van der Waals surface area contributed by atoms with Gasteiger partial charge in [0.25, 0.3) is 0 Å². The first-order valence-corrected chi connectivity index (χ1v) is 6.31. The zero-order valence-corrected chi connectivity index (χ0v) is 9.12. The van der Waals surface area contributed by atoms with Crippen LogP contribution in [0, 0.1) is 17.2 Å². The van der Waals surface area contributed by atoms with E-state index in [9.17, 15) is 13.2 Å². The first-order chi connectivity index (χ1) is 6.98. The number of amides is 1. The van der Waals surface area contributed by atoms with Gasteiger partial charge in [0.1, 0.15) is 5.92 Å². The average molecular weight is 228 g/mol. The summed E-state index contributed by atoms with van der Waals surface area (Å²) in [6.45, 7) is 1.73. The molecule has 1 N–H and O–H groups in total. The van der Waals surface area contributed by atoms with Crippen molar-refractivity contribution in [1.82, 2.24) is 5.32 Å². The van der Waals surface area contributed by atoms with E-state index in [4.69, 9.17) is 5.26 Å². The average Bonchev–Trinajstić information content (AvgIpc) is 2.47. The third-order valence-corrected chi connectivity index (χ3v) is 3.53. The Kier molecular flexibility index (Phi) is 3.48. The quantitative estimate of drug-likeness (QED) is 0.734. The number of hydrogen-bond donors (Lipinski definition) is 1. The maximum atomic E-state index is 11.4. The molecule has 1 aliphatic heterocycles. The summed E-state index contributed by atoms with van der Waals surface area (Å²) >= 11 is 0. The van der Waals surface area contributed by atoms with Crippen LogP contribution in [0.2, 0.25) is 0 Å². The van der Waals surface area contributed by atoms with E-state index < -0.39 is 27.7 Å². The maximum absolute atomic E-state index is 11.4. The van der Waals surface area contributed by atoms with Gasteiger partial charge in [-0.15, -0.1) is 0 Å². The van der Waals surface area contributed by atoms with Gasteiger partial charge in [0.2, 0.25) is 5.91 Å². The van der Waals surface area contributed by atoms with Crippen molar-refractivity contribution < 1.29 is 13.2 Å². The number of nitrogens with zero attached hydrogens (tertiary/aromatic N) is 1. The van der Waals surface area contributed by atoms with Crippen molar-refractivity contribution in [3.63, 3.8) is 0 Å². The molecule has 0 bridgehead atoms. The molecule has 82 valence electrons. The largest absolute Gasteiger partial charge is 0.348 e. The molecule has 0 aromatic rings. The van der Waals surface area contributed by atoms with E-state index in [2.05, 4.69) is 5.32 Å². The summed E-state index contributed by atoms with van der Waals surface area (Å²) in [5, 5.41) is 12.2. The second-order valence-corrected chi connectivity index (χ2v) is 5.29. The van der Waals surface area contributed by atoms with E-state index in [1.807, 2.05) is 6.07 Å². The molecular weight excluding hydrogens is 216 g/mol. The number of nitrogens with one attached hydrogen (secondary N) is 1. The lowest BCUT2D eigenvalue weighted by atomic mass is 10.1. The first kappa shape index (κ1) is 11.7. The normalized spacial score (nSPS) is 24.4. The Morgan fingerprint density at radius 2 is 2.40 bits per heavy atom. The van der Waals surface area contributed by atoms with Crippen molar-refractivity contribution in [1.29, 1.82) is 5.26 Å². The van der Waals surface area contributed by atoms with Crippen molar-refractivity contribution in [3.05, 3.63) is 11.5 Å². The molecular formula is C9H12N2O3S. The van der Waals surface area contributed by atoms with E-state index in [-0.39, 0.29) is 5.75 Å². The molecule has 0 aromatic carbocycles. The Hall–Kier alpha value is -1.35. The molecule has 0 saturated heterocycles. The highest BCUT2D eigenvalue weighted by molar-refractivity contribution is 7.94. The van der Waals surface area contributed by atoms with Gasteiger partial charge in [-0.2, -0.15) is 5.26 Å². The van der Waals surface area contributed by atoms with Crippen LogP contribution in [0.4, 0.5) is 0 Å². The van der Waals surface area contributed by atoms with Crippen LogP contribution in [0.5, 0.6) is 0 Å². The number of nitriles is 1. The van der Waals surface area contributed by atoms with Crippen LogP contribution < -0.4 is 5.32 Å².